The first-order valence-electron chi connectivity index (χ1n) is 8.20. The number of hydrogen-bond donors (Lipinski definition) is 2. The van der Waals surface area contributed by atoms with Gasteiger partial charge < -0.3 is 15.4 Å². The molecule has 0 unspecified atom stereocenters. The summed E-state index contributed by atoms with van der Waals surface area (Å²) in [5.41, 5.74) is 4.36. The van der Waals surface area contributed by atoms with Crippen LogP contribution in [0.1, 0.15) is 21.7 Å². The molecule has 1 heterocycles. The van der Waals surface area contributed by atoms with E-state index in [0.717, 1.165) is 16.9 Å². The van der Waals surface area contributed by atoms with E-state index in [4.69, 9.17) is 4.74 Å². The van der Waals surface area contributed by atoms with Gasteiger partial charge in [-0.25, -0.2) is 4.68 Å². The minimum Gasteiger partial charge on any atom is -0.497 e. The molecular formula is C19H21N5O2. The van der Waals surface area contributed by atoms with Gasteiger partial charge in [-0.05, 0) is 38.1 Å². The zero-order chi connectivity index (χ0) is 18.7. The minimum atomic E-state index is -0.300. The number of ether oxygens (including phenoxy) is 1. The van der Waals surface area contributed by atoms with Gasteiger partial charge in [0.15, 0.2) is 5.69 Å². The summed E-state index contributed by atoms with van der Waals surface area (Å²) < 4.78 is 6.91. The highest BCUT2D eigenvalue weighted by molar-refractivity contribution is 6.03. The van der Waals surface area contributed by atoms with Gasteiger partial charge in [0.05, 0.1) is 24.2 Å². The molecule has 0 aliphatic rings. The van der Waals surface area contributed by atoms with Crippen LogP contribution in [-0.2, 0) is 0 Å². The van der Waals surface area contributed by atoms with E-state index in [1.165, 1.54) is 0 Å². The van der Waals surface area contributed by atoms with E-state index < -0.39 is 0 Å². The molecule has 0 bridgehead atoms. The number of hydrogen-bond acceptors (Lipinski definition) is 5. The molecule has 0 saturated heterocycles. The standard InChI is InChI=1S/C19H21N5O2/c1-12-5-7-14(8-6-12)21-19(25)18-13(2)24(23-22-18)17-11-15(26-4)9-10-16(17)20-3/h5-11,20H,1-4H3,(H,21,25). The second-order valence-corrected chi connectivity index (χ2v) is 5.89. The number of aryl methyl sites for hydroxylation is 1. The lowest BCUT2D eigenvalue weighted by molar-refractivity contribution is 0.102. The van der Waals surface area contributed by atoms with Gasteiger partial charge in [0.25, 0.3) is 5.91 Å². The van der Waals surface area contributed by atoms with Crippen LogP contribution >= 0.6 is 0 Å². The summed E-state index contributed by atoms with van der Waals surface area (Å²) in [5, 5.41) is 14.2. The second kappa shape index (κ2) is 7.26. The van der Waals surface area contributed by atoms with Crippen molar-refractivity contribution in [1.29, 1.82) is 0 Å². The highest BCUT2D eigenvalue weighted by Crippen LogP contribution is 2.26. The first-order valence-corrected chi connectivity index (χ1v) is 8.20. The van der Waals surface area contributed by atoms with E-state index in [2.05, 4.69) is 20.9 Å². The SMILES string of the molecule is CNc1ccc(OC)cc1-n1nnc(C(=O)Nc2ccc(C)cc2)c1C. The average molecular weight is 351 g/mol. The fourth-order valence-electron chi connectivity index (χ4n) is 2.62. The summed E-state index contributed by atoms with van der Waals surface area (Å²) in [7, 11) is 3.43. The molecule has 3 rings (SSSR count). The predicted molar refractivity (Wildman–Crippen MR) is 101 cm³/mol. The molecule has 2 N–H and O–H groups in total. The van der Waals surface area contributed by atoms with Gasteiger partial charge in [-0.15, -0.1) is 5.10 Å². The minimum absolute atomic E-state index is 0.274. The maximum atomic E-state index is 12.6. The number of amides is 1. The Morgan fingerprint density at radius 1 is 1.12 bits per heavy atom. The molecule has 0 saturated carbocycles. The Morgan fingerprint density at radius 3 is 2.50 bits per heavy atom. The molecule has 0 radical (unpaired) electrons. The number of carbonyl (C=O) groups is 1. The van der Waals surface area contributed by atoms with Gasteiger partial charge in [-0.2, -0.15) is 0 Å². The zero-order valence-electron chi connectivity index (χ0n) is 15.2. The van der Waals surface area contributed by atoms with Gasteiger partial charge >= 0.3 is 0 Å². The Balaban J connectivity index is 1.93. The van der Waals surface area contributed by atoms with Crippen LogP contribution in [-0.4, -0.2) is 35.1 Å². The third-order valence-electron chi connectivity index (χ3n) is 4.12. The fourth-order valence-corrected chi connectivity index (χ4v) is 2.62. The zero-order valence-corrected chi connectivity index (χ0v) is 15.2. The van der Waals surface area contributed by atoms with Crippen molar-refractivity contribution in [3.63, 3.8) is 0 Å². The maximum Gasteiger partial charge on any atom is 0.278 e. The van der Waals surface area contributed by atoms with E-state index in [9.17, 15) is 4.79 Å². The van der Waals surface area contributed by atoms with Crippen molar-refractivity contribution in [1.82, 2.24) is 15.0 Å². The van der Waals surface area contributed by atoms with Crippen LogP contribution in [0.2, 0.25) is 0 Å². The van der Waals surface area contributed by atoms with Crippen molar-refractivity contribution in [3.8, 4) is 11.4 Å². The smallest absolute Gasteiger partial charge is 0.278 e. The average Bonchev–Trinajstić information content (AvgIpc) is 3.04. The molecule has 7 heteroatoms. The van der Waals surface area contributed by atoms with Gasteiger partial charge in [-0.1, -0.05) is 22.9 Å². The third-order valence-corrected chi connectivity index (χ3v) is 4.12. The number of anilines is 2. The van der Waals surface area contributed by atoms with Gasteiger partial charge in [0, 0.05) is 18.8 Å². The Morgan fingerprint density at radius 2 is 1.85 bits per heavy atom. The number of rotatable bonds is 5. The van der Waals surface area contributed by atoms with Crippen LogP contribution in [0.5, 0.6) is 5.75 Å². The number of nitrogens with one attached hydrogen (secondary N) is 2. The first-order chi connectivity index (χ1) is 12.5. The molecular weight excluding hydrogens is 330 g/mol. The third kappa shape index (κ3) is 3.37. The van der Waals surface area contributed by atoms with Crippen LogP contribution in [0, 0.1) is 13.8 Å². The highest BCUT2D eigenvalue weighted by atomic mass is 16.5. The van der Waals surface area contributed by atoms with Crippen molar-refractivity contribution in [2.45, 2.75) is 13.8 Å². The Kier molecular flexibility index (Phi) is 4.88. The first kappa shape index (κ1) is 17.5. The molecule has 134 valence electrons. The summed E-state index contributed by atoms with van der Waals surface area (Å²) in [6, 6.07) is 13.2. The summed E-state index contributed by atoms with van der Waals surface area (Å²) in [6.45, 7) is 3.80. The van der Waals surface area contributed by atoms with Crippen molar-refractivity contribution < 1.29 is 9.53 Å². The quantitative estimate of drug-likeness (QED) is 0.738. The molecule has 1 amide bonds. The Hall–Kier alpha value is -3.35. The lowest BCUT2D eigenvalue weighted by Crippen LogP contribution is -2.14. The maximum absolute atomic E-state index is 12.6. The summed E-state index contributed by atoms with van der Waals surface area (Å²) >= 11 is 0. The largest absolute Gasteiger partial charge is 0.497 e. The predicted octanol–water partition coefficient (Wildman–Crippen LogP) is 3.19. The normalized spacial score (nSPS) is 10.5. The summed E-state index contributed by atoms with van der Waals surface area (Å²) in [5.74, 6) is 0.395. The monoisotopic (exact) mass is 351 g/mol. The number of nitrogens with zero attached hydrogens (tertiary/aromatic N) is 3. The molecule has 3 aromatic rings. The molecule has 1 aromatic heterocycles. The molecule has 0 atom stereocenters. The van der Waals surface area contributed by atoms with E-state index in [-0.39, 0.29) is 11.6 Å². The lowest BCUT2D eigenvalue weighted by Gasteiger charge is -2.12. The van der Waals surface area contributed by atoms with E-state index in [1.807, 2.05) is 63.4 Å². The molecule has 0 spiro atoms. The summed E-state index contributed by atoms with van der Waals surface area (Å²) in [6.07, 6.45) is 0. The topological polar surface area (TPSA) is 81.1 Å². The van der Waals surface area contributed by atoms with Crippen LogP contribution in [0.4, 0.5) is 11.4 Å². The van der Waals surface area contributed by atoms with Crippen molar-refractivity contribution >= 4 is 17.3 Å². The Bertz CT molecular complexity index is 932. The van der Waals surface area contributed by atoms with Gasteiger partial charge in [-0.3, -0.25) is 4.79 Å². The van der Waals surface area contributed by atoms with E-state index >= 15 is 0 Å². The number of benzene rings is 2. The van der Waals surface area contributed by atoms with Gasteiger partial charge in [0.1, 0.15) is 5.75 Å². The lowest BCUT2D eigenvalue weighted by atomic mass is 10.2. The Labute approximate surface area is 152 Å². The molecule has 0 aliphatic carbocycles. The summed E-state index contributed by atoms with van der Waals surface area (Å²) in [4.78, 5) is 12.6. The van der Waals surface area contributed by atoms with Crippen LogP contribution < -0.4 is 15.4 Å². The second-order valence-electron chi connectivity index (χ2n) is 5.89. The molecule has 7 nitrogen and oxygen atoms in total. The highest BCUT2D eigenvalue weighted by Gasteiger charge is 2.19. The van der Waals surface area contributed by atoms with E-state index in [1.54, 1.807) is 11.8 Å². The van der Waals surface area contributed by atoms with Crippen molar-refractivity contribution in [2.75, 3.05) is 24.8 Å². The molecule has 26 heavy (non-hydrogen) atoms. The molecule has 2 aromatic carbocycles. The van der Waals surface area contributed by atoms with Crippen LogP contribution in [0.15, 0.2) is 42.5 Å². The number of aromatic nitrogens is 3. The van der Waals surface area contributed by atoms with Crippen LogP contribution in [0.25, 0.3) is 5.69 Å². The van der Waals surface area contributed by atoms with Crippen molar-refractivity contribution in [3.05, 3.63) is 59.4 Å². The number of carbonyl (C=O) groups excluding carboxylic acids is 1. The van der Waals surface area contributed by atoms with Crippen LogP contribution in [0.3, 0.4) is 0 Å². The molecule has 0 fully saturated rings. The fraction of sp³-hybridized carbons (Fsp3) is 0.211. The molecule has 0 aliphatic heterocycles. The van der Waals surface area contributed by atoms with E-state index in [0.29, 0.717) is 17.1 Å². The van der Waals surface area contributed by atoms with Gasteiger partial charge in [0.2, 0.25) is 0 Å². The number of methoxy groups -OCH3 is 1. The van der Waals surface area contributed by atoms with Crippen molar-refractivity contribution in [2.24, 2.45) is 0 Å².